The molecule has 0 aromatic heterocycles. The molecule has 4 nitrogen and oxygen atoms in total. The van der Waals surface area contributed by atoms with E-state index in [0.29, 0.717) is 6.54 Å². The van der Waals surface area contributed by atoms with Gasteiger partial charge in [-0.1, -0.05) is 6.07 Å². The molecule has 128 valence electrons. The van der Waals surface area contributed by atoms with E-state index in [4.69, 9.17) is 0 Å². The quantitative estimate of drug-likeness (QED) is 0.782. The summed E-state index contributed by atoms with van der Waals surface area (Å²) in [5.74, 6) is 0. The van der Waals surface area contributed by atoms with E-state index >= 15 is 0 Å². The Hall–Kier alpha value is -1.76. The number of benzene rings is 1. The number of nitrogens with zero attached hydrogens (tertiary/aromatic N) is 1. The Kier molecular flexibility index (Phi) is 6.27. The third-order valence-corrected chi connectivity index (χ3v) is 3.83. The number of urea groups is 1. The van der Waals surface area contributed by atoms with Gasteiger partial charge in [-0.25, -0.2) is 4.79 Å². The number of rotatable bonds is 6. The first-order valence-electron chi connectivity index (χ1n) is 7.89. The average Bonchev–Trinajstić information content (AvgIpc) is 2.99. The molecule has 1 fully saturated rings. The summed E-state index contributed by atoms with van der Waals surface area (Å²) in [7, 11) is 0. The Morgan fingerprint density at radius 3 is 2.61 bits per heavy atom. The molecular weight excluding hydrogens is 307 g/mol. The molecule has 0 bridgehead atoms. The Morgan fingerprint density at radius 2 is 1.91 bits per heavy atom. The van der Waals surface area contributed by atoms with Crippen molar-refractivity contribution in [3.05, 3.63) is 29.8 Å². The van der Waals surface area contributed by atoms with Crippen LogP contribution in [0.2, 0.25) is 0 Å². The van der Waals surface area contributed by atoms with Gasteiger partial charge in [-0.15, -0.1) is 0 Å². The number of alkyl halides is 3. The van der Waals surface area contributed by atoms with Crippen LogP contribution in [0.25, 0.3) is 0 Å². The summed E-state index contributed by atoms with van der Waals surface area (Å²) >= 11 is 0. The maximum atomic E-state index is 12.6. The SMILES string of the molecule is O=C(NCCCCN1CCCC1)Nc1cccc(C(F)(F)F)c1. The molecule has 1 aromatic carbocycles. The van der Waals surface area contributed by atoms with Gasteiger partial charge in [0.05, 0.1) is 5.56 Å². The van der Waals surface area contributed by atoms with Crippen molar-refractivity contribution in [3.8, 4) is 0 Å². The number of carbonyl (C=O) groups is 1. The third-order valence-electron chi connectivity index (χ3n) is 3.83. The molecule has 0 saturated carbocycles. The molecule has 23 heavy (non-hydrogen) atoms. The van der Waals surface area contributed by atoms with Gasteiger partial charge >= 0.3 is 12.2 Å². The number of hydrogen-bond donors (Lipinski definition) is 2. The third kappa shape index (κ3) is 6.09. The zero-order chi connectivity index (χ0) is 16.7. The van der Waals surface area contributed by atoms with Gasteiger partial charge in [0.1, 0.15) is 0 Å². The van der Waals surface area contributed by atoms with E-state index in [1.54, 1.807) is 0 Å². The molecule has 2 rings (SSSR count). The smallest absolute Gasteiger partial charge is 0.338 e. The van der Waals surface area contributed by atoms with Crippen LogP contribution in [0, 0.1) is 0 Å². The summed E-state index contributed by atoms with van der Waals surface area (Å²) in [5.41, 5.74) is -0.643. The maximum Gasteiger partial charge on any atom is 0.416 e. The first-order chi connectivity index (χ1) is 10.9. The van der Waals surface area contributed by atoms with Crippen molar-refractivity contribution in [2.45, 2.75) is 31.9 Å². The summed E-state index contributed by atoms with van der Waals surface area (Å²) in [6, 6.07) is 4.12. The van der Waals surface area contributed by atoms with Gasteiger partial charge in [0.15, 0.2) is 0 Å². The minimum atomic E-state index is -4.41. The van der Waals surface area contributed by atoms with E-state index in [2.05, 4.69) is 15.5 Å². The zero-order valence-corrected chi connectivity index (χ0v) is 13.0. The van der Waals surface area contributed by atoms with E-state index < -0.39 is 17.8 Å². The molecular formula is C16H22F3N3O. The van der Waals surface area contributed by atoms with Crippen molar-refractivity contribution in [1.82, 2.24) is 10.2 Å². The molecule has 1 heterocycles. The van der Waals surface area contributed by atoms with E-state index in [1.165, 1.54) is 25.0 Å². The predicted octanol–water partition coefficient (Wildman–Crippen LogP) is 3.70. The van der Waals surface area contributed by atoms with Crippen molar-refractivity contribution in [2.75, 3.05) is 31.5 Å². The molecule has 1 aromatic rings. The van der Waals surface area contributed by atoms with Crippen molar-refractivity contribution < 1.29 is 18.0 Å². The standard InChI is InChI=1S/C16H22F3N3O/c17-16(18,19)13-6-5-7-14(12-13)21-15(23)20-8-1-2-9-22-10-3-4-11-22/h5-7,12H,1-4,8-11H2,(H2,20,21,23). The highest BCUT2D eigenvalue weighted by molar-refractivity contribution is 5.89. The zero-order valence-electron chi connectivity index (χ0n) is 13.0. The Labute approximate surface area is 134 Å². The van der Waals surface area contributed by atoms with Crippen LogP contribution in [0.1, 0.15) is 31.2 Å². The van der Waals surface area contributed by atoms with Crippen LogP contribution in [0.3, 0.4) is 0 Å². The molecule has 0 aliphatic carbocycles. The fourth-order valence-corrected chi connectivity index (χ4v) is 2.62. The molecule has 0 unspecified atom stereocenters. The molecule has 2 amide bonds. The second-order valence-corrected chi connectivity index (χ2v) is 5.72. The van der Waals surface area contributed by atoms with Crippen molar-refractivity contribution in [3.63, 3.8) is 0 Å². The number of amides is 2. The van der Waals surface area contributed by atoms with Gasteiger partial charge in [0.25, 0.3) is 0 Å². The molecule has 0 radical (unpaired) electrons. The molecule has 0 spiro atoms. The van der Waals surface area contributed by atoms with E-state index in [1.807, 2.05) is 0 Å². The molecule has 0 atom stereocenters. The average molecular weight is 329 g/mol. The lowest BCUT2D eigenvalue weighted by Crippen LogP contribution is -2.30. The van der Waals surface area contributed by atoms with Crippen molar-refractivity contribution in [2.24, 2.45) is 0 Å². The van der Waals surface area contributed by atoms with Crippen LogP contribution in [-0.4, -0.2) is 37.1 Å². The van der Waals surface area contributed by atoms with E-state index in [-0.39, 0.29) is 5.69 Å². The number of hydrogen-bond acceptors (Lipinski definition) is 2. The lowest BCUT2D eigenvalue weighted by Gasteiger charge is -2.14. The van der Waals surface area contributed by atoms with Crippen LogP contribution in [0.4, 0.5) is 23.7 Å². The van der Waals surface area contributed by atoms with E-state index in [9.17, 15) is 18.0 Å². The number of unbranched alkanes of at least 4 members (excludes halogenated alkanes) is 1. The summed E-state index contributed by atoms with van der Waals surface area (Å²) in [6.07, 6.45) is -0.0324. The molecule has 1 aliphatic rings. The minimum Gasteiger partial charge on any atom is -0.338 e. The maximum absolute atomic E-state index is 12.6. The summed E-state index contributed by atoms with van der Waals surface area (Å²) < 4.78 is 37.8. The fraction of sp³-hybridized carbons (Fsp3) is 0.562. The topological polar surface area (TPSA) is 44.4 Å². The Balaban J connectivity index is 1.66. The molecule has 1 aliphatic heterocycles. The van der Waals surface area contributed by atoms with Gasteiger partial charge in [0, 0.05) is 12.2 Å². The summed E-state index contributed by atoms with van der Waals surface area (Å²) in [4.78, 5) is 14.1. The highest BCUT2D eigenvalue weighted by Gasteiger charge is 2.30. The van der Waals surface area contributed by atoms with Gasteiger partial charge in [0.2, 0.25) is 0 Å². The minimum absolute atomic E-state index is 0.134. The molecule has 1 saturated heterocycles. The number of likely N-dealkylation sites (tertiary alicyclic amines) is 1. The second kappa shape index (κ2) is 8.19. The predicted molar refractivity (Wildman–Crippen MR) is 83.4 cm³/mol. The van der Waals surface area contributed by atoms with E-state index in [0.717, 1.165) is 44.6 Å². The first-order valence-corrected chi connectivity index (χ1v) is 7.89. The monoisotopic (exact) mass is 329 g/mol. The van der Waals surface area contributed by atoms with Gasteiger partial charge in [-0.2, -0.15) is 13.2 Å². The number of nitrogens with one attached hydrogen (secondary N) is 2. The van der Waals surface area contributed by atoms with Crippen molar-refractivity contribution >= 4 is 11.7 Å². The van der Waals surface area contributed by atoms with Crippen LogP contribution in [0.15, 0.2) is 24.3 Å². The van der Waals surface area contributed by atoms with Gasteiger partial charge in [-0.05, 0) is 63.5 Å². The van der Waals surface area contributed by atoms with Crippen LogP contribution < -0.4 is 10.6 Å². The Morgan fingerprint density at radius 1 is 1.17 bits per heavy atom. The molecule has 7 heteroatoms. The van der Waals surface area contributed by atoms with Crippen LogP contribution >= 0.6 is 0 Å². The normalized spacial score (nSPS) is 15.6. The Bertz CT molecular complexity index is 514. The first kappa shape index (κ1) is 17.6. The number of carbonyl (C=O) groups excluding carboxylic acids is 1. The summed E-state index contributed by atoms with van der Waals surface area (Å²) in [6.45, 7) is 3.86. The lowest BCUT2D eigenvalue weighted by molar-refractivity contribution is -0.137. The van der Waals surface area contributed by atoms with Gasteiger partial charge in [-0.3, -0.25) is 0 Å². The van der Waals surface area contributed by atoms with Crippen molar-refractivity contribution in [1.29, 1.82) is 0 Å². The van der Waals surface area contributed by atoms with Crippen LogP contribution in [0.5, 0.6) is 0 Å². The largest absolute Gasteiger partial charge is 0.416 e. The van der Waals surface area contributed by atoms with Gasteiger partial charge < -0.3 is 15.5 Å². The number of halogens is 3. The second-order valence-electron chi connectivity index (χ2n) is 5.72. The highest BCUT2D eigenvalue weighted by atomic mass is 19.4. The molecule has 2 N–H and O–H groups in total. The fourth-order valence-electron chi connectivity index (χ4n) is 2.62. The highest BCUT2D eigenvalue weighted by Crippen LogP contribution is 2.30. The lowest BCUT2D eigenvalue weighted by atomic mass is 10.2. The number of anilines is 1. The summed E-state index contributed by atoms with van der Waals surface area (Å²) in [5, 5.41) is 5.09. The van der Waals surface area contributed by atoms with Crippen LogP contribution in [-0.2, 0) is 6.18 Å².